The van der Waals surface area contributed by atoms with Crippen molar-refractivity contribution in [2.75, 3.05) is 28.7 Å². The van der Waals surface area contributed by atoms with Gasteiger partial charge < -0.3 is 16.4 Å². The molecule has 23 nitrogen and oxygen atoms in total. The largest absolute Gasteiger partial charge is 0.397 e. The number of anilines is 5. The van der Waals surface area contributed by atoms with Crippen molar-refractivity contribution in [3.63, 3.8) is 0 Å². The highest BCUT2D eigenvalue weighted by Crippen LogP contribution is 2.42. The van der Waals surface area contributed by atoms with E-state index in [0.717, 1.165) is 24.3 Å². The number of sulfone groups is 1. The summed E-state index contributed by atoms with van der Waals surface area (Å²) in [6.45, 7) is -0.816. The first-order chi connectivity index (χ1) is 26.1. The molecule has 0 aliphatic rings. The van der Waals surface area contributed by atoms with Crippen molar-refractivity contribution in [2.45, 2.75) is 19.6 Å². The number of rotatable bonds is 16. The van der Waals surface area contributed by atoms with Gasteiger partial charge in [-0.3, -0.25) is 13.7 Å². The second-order valence-corrected chi connectivity index (χ2v) is 17.8. The zero-order valence-corrected chi connectivity index (χ0v) is 32.1. The monoisotopic (exact) mass is 894 g/mol. The number of nitrogens with zero attached hydrogens (tertiary/aromatic N) is 5. The van der Waals surface area contributed by atoms with Crippen LogP contribution in [0, 0.1) is 0 Å². The summed E-state index contributed by atoms with van der Waals surface area (Å²) in [6, 6.07) is 13.1. The maximum atomic E-state index is 12.5. The fourth-order valence-electron chi connectivity index (χ4n) is 4.58. The van der Waals surface area contributed by atoms with Crippen molar-refractivity contribution in [3.05, 3.63) is 72.0 Å². The average Bonchev–Trinajstić information content (AvgIpc) is 3.08. The van der Waals surface area contributed by atoms with Crippen molar-refractivity contribution in [1.29, 1.82) is 0 Å². The molecule has 1 aromatic heterocycles. The van der Waals surface area contributed by atoms with Gasteiger partial charge in [0.05, 0.1) is 44.8 Å². The van der Waals surface area contributed by atoms with Crippen molar-refractivity contribution in [3.8, 4) is 0 Å². The maximum absolute atomic E-state index is 12.5. The van der Waals surface area contributed by atoms with Crippen LogP contribution < -0.4 is 16.4 Å². The lowest BCUT2D eigenvalue weighted by Crippen LogP contribution is -2.15. The Bertz CT molecular complexity index is 2800. The normalized spacial score (nSPS) is 12.7. The Morgan fingerprint density at radius 1 is 0.768 bits per heavy atom. The summed E-state index contributed by atoms with van der Waals surface area (Å²) >= 11 is 6.44. The van der Waals surface area contributed by atoms with Crippen LogP contribution in [-0.2, 0) is 54.0 Å². The Hall–Kier alpha value is -4.69. The first kappa shape index (κ1) is 42.5. The summed E-state index contributed by atoms with van der Waals surface area (Å²) < 4.78 is 131. The molecule has 0 unspecified atom stereocenters. The zero-order chi connectivity index (χ0) is 41.1. The highest BCUT2D eigenvalue weighted by atomic mass is 35.5. The second kappa shape index (κ2) is 16.8. The molecule has 0 saturated heterocycles. The van der Waals surface area contributed by atoms with E-state index in [1.807, 2.05) is 0 Å². The van der Waals surface area contributed by atoms with E-state index in [1.54, 1.807) is 0 Å². The van der Waals surface area contributed by atoms with E-state index in [0.29, 0.717) is 12.0 Å². The third kappa shape index (κ3) is 11.0. The molecular weight excluding hydrogens is 872 g/mol. The van der Waals surface area contributed by atoms with Gasteiger partial charge in [-0.05, 0) is 77.7 Å². The number of nitrogen functional groups attached to an aromatic ring is 1. The van der Waals surface area contributed by atoms with Gasteiger partial charge >= 0.3 is 10.4 Å². The van der Waals surface area contributed by atoms with Crippen LogP contribution in [0.4, 0.5) is 40.3 Å². The number of hydrogen-bond donors (Lipinski definition) is 7. The SMILES string of the molecule is Nc1c(/N=N/c2cc(Nc3nc(Cl)nc(Nc4ccc(S(=O)(=O)CCOS(=O)(=O)O)cc4)n3)ccc2S(=O)(=O)O)c(SOOO)cc2cc(S(=O)(=O)O)ccc12. The van der Waals surface area contributed by atoms with Crippen LogP contribution in [0.3, 0.4) is 0 Å². The molecule has 0 amide bonds. The maximum Gasteiger partial charge on any atom is 0.397 e. The molecule has 5 aromatic rings. The fourth-order valence-corrected chi connectivity index (χ4v) is 7.86. The molecule has 29 heteroatoms. The van der Waals surface area contributed by atoms with Gasteiger partial charge in [-0.15, -0.1) is 14.6 Å². The predicted molar refractivity (Wildman–Crippen MR) is 197 cm³/mol. The van der Waals surface area contributed by atoms with Gasteiger partial charge in [0.25, 0.3) is 20.2 Å². The minimum Gasteiger partial charge on any atom is -0.396 e. The molecular formula is C27H23ClN8O15S5. The number of hydrogen-bond acceptors (Lipinski definition) is 21. The van der Waals surface area contributed by atoms with E-state index in [9.17, 15) is 42.8 Å². The molecule has 0 spiro atoms. The molecule has 0 aliphatic carbocycles. The Morgan fingerprint density at radius 3 is 2.00 bits per heavy atom. The molecule has 5 rings (SSSR count). The summed E-state index contributed by atoms with van der Waals surface area (Å²) in [4.78, 5) is 10.7. The van der Waals surface area contributed by atoms with E-state index >= 15 is 0 Å². The molecule has 4 aromatic carbocycles. The highest BCUT2D eigenvalue weighted by molar-refractivity contribution is 7.94. The lowest BCUT2D eigenvalue weighted by atomic mass is 10.1. The summed E-state index contributed by atoms with van der Waals surface area (Å²) in [5.74, 6) is -1.09. The lowest BCUT2D eigenvalue weighted by Gasteiger charge is -2.12. The Morgan fingerprint density at radius 2 is 1.39 bits per heavy atom. The molecule has 0 bridgehead atoms. The predicted octanol–water partition coefficient (Wildman–Crippen LogP) is 4.68. The van der Waals surface area contributed by atoms with E-state index in [2.05, 4.69) is 49.4 Å². The van der Waals surface area contributed by atoms with Gasteiger partial charge in [0.2, 0.25) is 17.2 Å². The number of benzene rings is 4. The molecule has 0 aliphatic heterocycles. The third-order valence-electron chi connectivity index (χ3n) is 6.95. The fraction of sp³-hybridized carbons (Fsp3) is 0.0741. The van der Waals surface area contributed by atoms with Gasteiger partial charge in [0.1, 0.15) is 16.3 Å². The van der Waals surface area contributed by atoms with Gasteiger partial charge in [-0.25, -0.2) is 17.9 Å². The first-order valence-electron chi connectivity index (χ1n) is 14.5. The summed E-state index contributed by atoms with van der Waals surface area (Å²) in [5.41, 5.74) is 5.86. The van der Waals surface area contributed by atoms with E-state index < -0.39 is 68.3 Å². The molecule has 0 radical (unpaired) electrons. The number of halogens is 1. The van der Waals surface area contributed by atoms with Crippen molar-refractivity contribution < 1.29 is 66.1 Å². The average molecular weight is 895 g/mol. The third-order valence-corrected chi connectivity index (χ3v) is 11.7. The van der Waals surface area contributed by atoms with Crippen LogP contribution in [0.2, 0.25) is 5.28 Å². The van der Waals surface area contributed by atoms with Gasteiger partial charge in [-0.2, -0.15) is 40.2 Å². The smallest absolute Gasteiger partial charge is 0.396 e. The minimum atomic E-state index is -4.91. The number of azo groups is 1. The van der Waals surface area contributed by atoms with Gasteiger partial charge in [-0.1, -0.05) is 11.1 Å². The van der Waals surface area contributed by atoms with Crippen LogP contribution in [-0.4, -0.2) is 79.9 Å². The van der Waals surface area contributed by atoms with E-state index in [1.165, 1.54) is 42.5 Å². The summed E-state index contributed by atoms with van der Waals surface area (Å²) in [6.07, 6.45) is 0. The standard InChI is InChI=1S/C27H23ClN8O15S5/c28-25-32-26(30-15-1-4-17(5-2-15)53(38,39)10-9-49-56(46,47)48)34-27(33-25)31-16-3-8-22(55(43,44)45)20(13-16)35-36-24-21(52-51-50-37)12-14-11-18(54(40,41)42)6-7-19(14)23(24)29/h1-8,11-13,37H,9-10,29H2,(H,40,41,42)(H,43,44,45)(H,46,47,48)(H2,30,31,32,33,34)/b36-35+. The number of nitrogens with one attached hydrogen (secondary N) is 2. The van der Waals surface area contributed by atoms with Crippen LogP contribution in [0.5, 0.6) is 0 Å². The van der Waals surface area contributed by atoms with Crippen LogP contribution in [0.15, 0.2) is 96.5 Å². The van der Waals surface area contributed by atoms with Crippen LogP contribution >= 0.6 is 23.6 Å². The van der Waals surface area contributed by atoms with Gasteiger partial charge in [0, 0.05) is 16.8 Å². The second-order valence-electron chi connectivity index (χ2n) is 10.7. The van der Waals surface area contributed by atoms with E-state index in [4.69, 9.17) is 27.1 Å². The number of fused-ring (bicyclic) bond motifs is 1. The Labute approximate surface area is 325 Å². The molecule has 0 fully saturated rings. The first-order valence-corrected chi connectivity index (χ1v) is 21.6. The topological polar surface area (TPSA) is 359 Å². The van der Waals surface area contributed by atoms with Gasteiger partial charge in [0.15, 0.2) is 9.84 Å². The number of aromatic nitrogens is 3. The van der Waals surface area contributed by atoms with Crippen molar-refractivity contribution in [1.82, 2.24) is 15.0 Å². The Kier molecular flexibility index (Phi) is 12.7. The summed E-state index contributed by atoms with van der Waals surface area (Å²) in [7, 11) is -18.3. The Balaban J connectivity index is 1.43. The van der Waals surface area contributed by atoms with Crippen LogP contribution in [0.1, 0.15) is 0 Å². The minimum absolute atomic E-state index is 0.0376. The lowest BCUT2D eigenvalue weighted by molar-refractivity contribution is -0.432. The summed E-state index contributed by atoms with van der Waals surface area (Å²) in [5, 5.41) is 25.9. The van der Waals surface area contributed by atoms with Crippen molar-refractivity contribution in [2.24, 2.45) is 10.2 Å². The molecule has 0 saturated carbocycles. The highest BCUT2D eigenvalue weighted by Gasteiger charge is 2.21. The number of nitrogens with two attached hydrogens (primary N) is 1. The van der Waals surface area contributed by atoms with E-state index in [-0.39, 0.29) is 60.5 Å². The van der Waals surface area contributed by atoms with Crippen LogP contribution in [0.25, 0.3) is 10.8 Å². The quantitative estimate of drug-likeness (QED) is 0.0176. The molecule has 298 valence electrons. The molecule has 0 atom stereocenters. The molecule has 56 heavy (non-hydrogen) atoms. The molecule has 1 heterocycles. The molecule has 8 N–H and O–H groups in total. The van der Waals surface area contributed by atoms with Crippen molar-refractivity contribution >= 4 is 115 Å². The zero-order valence-electron chi connectivity index (χ0n) is 27.3.